The van der Waals surface area contributed by atoms with Gasteiger partial charge in [-0.1, -0.05) is 29.3 Å². The van der Waals surface area contributed by atoms with Crippen LogP contribution in [0.1, 0.15) is 12.5 Å². The molecule has 0 N–H and O–H groups in total. The van der Waals surface area contributed by atoms with Crippen LogP contribution in [0.25, 0.3) is 6.08 Å². The van der Waals surface area contributed by atoms with Gasteiger partial charge in [-0.25, -0.2) is 0 Å². The van der Waals surface area contributed by atoms with Crippen molar-refractivity contribution in [2.75, 3.05) is 12.1 Å². The number of amides is 1. The smallest absolute Gasteiger partial charge is 0.311 e. The van der Waals surface area contributed by atoms with E-state index in [1.165, 1.54) is 24.3 Å². The zero-order valence-corrected chi connectivity index (χ0v) is 15.8. The molecule has 138 valence electrons. The minimum Gasteiger partial charge on any atom is -0.490 e. The summed E-state index contributed by atoms with van der Waals surface area (Å²) < 4.78 is 4.99. The number of rotatable bonds is 4. The second-order valence-corrected chi connectivity index (χ2v) is 6.46. The predicted molar refractivity (Wildman–Crippen MR) is 105 cm³/mol. The number of hydrogen-bond donors (Lipinski definition) is 0. The first-order chi connectivity index (χ1) is 12.8. The lowest BCUT2D eigenvalue weighted by molar-refractivity contribution is -0.385. The van der Waals surface area contributed by atoms with Gasteiger partial charge in [0.15, 0.2) is 5.75 Å². The normalized spacial score (nSPS) is 15.3. The Morgan fingerprint density at radius 1 is 1.19 bits per heavy atom. The molecular formula is C18H13Cl2N3O4. The summed E-state index contributed by atoms with van der Waals surface area (Å²) in [6.45, 7) is 1.68. The second-order valence-electron chi connectivity index (χ2n) is 5.65. The number of hydrogen-bond acceptors (Lipinski definition) is 5. The van der Waals surface area contributed by atoms with Gasteiger partial charge in [0, 0.05) is 6.07 Å². The zero-order valence-electron chi connectivity index (χ0n) is 14.3. The highest BCUT2D eigenvalue weighted by Gasteiger charge is 2.29. The van der Waals surface area contributed by atoms with Gasteiger partial charge in [-0.05, 0) is 42.8 Å². The Bertz CT molecular complexity index is 1020. The molecule has 1 heterocycles. The standard InChI is InChI=1S/C18H13Cl2N3O4/c1-10-13(7-11-3-6-17(27-2)16(8-11)23(25)26)18(24)22(21-10)12-4-5-14(19)15(20)9-12/h3-9H,1-2H3. The number of carbonyl (C=O) groups is 1. The molecule has 0 aromatic heterocycles. The summed E-state index contributed by atoms with van der Waals surface area (Å²) in [4.78, 5) is 23.4. The fourth-order valence-corrected chi connectivity index (χ4v) is 2.87. The van der Waals surface area contributed by atoms with Gasteiger partial charge in [-0.15, -0.1) is 0 Å². The van der Waals surface area contributed by atoms with Gasteiger partial charge in [0.05, 0.1) is 39.1 Å². The molecule has 27 heavy (non-hydrogen) atoms. The molecule has 0 spiro atoms. The van der Waals surface area contributed by atoms with Crippen molar-refractivity contribution in [1.29, 1.82) is 0 Å². The van der Waals surface area contributed by atoms with E-state index in [-0.39, 0.29) is 17.3 Å². The van der Waals surface area contributed by atoms with Crippen molar-refractivity contribution in [1.82, 2.24) is 0 Å². The lowest BCUT2D eigenvalue weighted by Gasteiger charge is -2.12. The Morgan fingerprint density at radius 3 is 2.56 bits per heavy atom. The van der Waals surface area contributed by atoms with E-state index < -0.39 is 4.92 Å². The summed E-state index contributed by atoms with van der Waals surface area (Å²) in [5.74, 6) is -0.230. The topological polar surface area (TPSA) is 85.0 Å². The molecule has 1 amide bonds. The third-order valence-corrected chi connectivity index (χ3v) is 4.66. The first-order valence-electron chi connectivity index (χ1n) is 7.71. The summed E-state index contributed by atoms with van der Waals surface area (Å²) >= 11 is 11.9. The van der Waals surface area contributed by atoms with Crippen LogP contribution in [0.5, 0.6) is 5.75 Å². The van der Waals surface area contributed by atoms with Gasteiger partial charge in [0.1, 0.15) is 0 Å². The molecule has 0 fully saturated rings. The molecule has 0 bridgehead atoms. The van der Waals surface area contributed by atoms with Crippen LogP contribution in [0.2, 0.25) is 10.0 Å². The number of hydrazone groups is 1. The van der Waals surface area contributed by atoms with Gasteiger partial charge in [-0.3, -0.25) is 14.9 Å². The largest absolute Gasteiger partial charge is 0.490 e. The summed E-state index contributed by atoms with van der Waals surface area (Å²) in [5.41, 5.74) is 1.56. The molecule has 0 saturated carbocycles. The Balaban J connectivity index is 1.97. The summed E-state index contributed by atoms with van der Waals surface area (Å²) in [7, 11) is 1.35. The van der Waals surface area contributed by atoms with Gasteiger partial charge >= 0.3 is 5.69 Å². The molecule has 1 aliphatic rings. The van der Waals surface area contributed by atoms with E-state index in [1.54, 1.807) is 37.3 Å². The first-order valence-corrected chi connectivity index (χ1v) is 8.46. The van der Waals surface area contributed by atoms with E-state index in [9.17, 15) is 14.9 Å². The summed E-state index contributed by atoms with van der Waals surface area (Å²) in [6, 6.07) is 9.19. The highest BCUT2D eigenvalue weighted by Crippen LogP contribution is 2.32. The number of benzene rings is 2. The maximum absolute atomic E-state index is 12.8. The van der Waals surface area contributed by atoms with E-state index in [1.807, 2.05) is 0 Å². The van der Waals surface area contributed by atoms with Crippen LogP contribution >= 0.6 is 23.2 Å². The Hall–Kier alpha value is -2.90. The molecule has 9 heteroatoms. The molecule has 0 atom stereocenters. The lowest BCUT2D eigenvalue weighted by atomic mass is 10.1. The average molecular weight is 406 g/mol. The van der Waals surface area contributed by atoms with Crippen molar-refractivity contribution in [3.8, 4) is 5.75 Å². The van der Waals surface area contributed by atoms with Crippen molar-refractivity contribution < 1.29 is 14.5 Å². The maximum Gasteiger partial charge on any atom is 0.311 e. The number of anilines is 1. The fourth-order valence-electron chi connectivity index (χ4n) is 2.58. The maximum atomic E-state index is 12.8. The average Bonchev–Trinajstić information content (AvgIpc) is 2.92. The van der Waals surface area contributed by atoms with Crippen LogP contribution in [0.4, 0.5) is 11.4 Å². The van der Waals surface area contributed by atoms with Crippen molar-refractivity contribution >= 4 is 52.3 Å². The number of halogens is 2. The van der Waals surface area contributed by atoms with Crippen LogP contribution < -0.4 is 9.75 Å². The number of ether oxygens (including phenoxy) is 1. The SMILES string of the molecule is COc1ccc(C=C2C(=O)N(c3ccc(Cl)c(Cl)c3)N=C2C)cc1[N+](=O)[O-]. The highest BCUT2D eigenvalue weighted by molar-refractivity contribution is 6.42. The fraction of sp³-hybridized carbons (Fsp3) is 0.111. The van der Waals surface area contributed by atoms with Crippen LogP contribution in [-0.2, 0) is 4.79 Å². The van der Waals surface area contributed by atoms with Crippen molar-refractivity contribution in [3.63, 3.8) is 0 Å². The molecule has 7 nitrogen and oxygen atoms in total. The molecule has 0 saturated heterocycles. The molecule has 0 radical (unpaired) electrons. The number of nitrogens with zero attached hydrogens (tertiary/aromatic N) is 3. The summed E-state index contributed by atoms with van der Waals surface area (Å²) in [6.07, 6.45) is 1.55. The van der Waals surface area contributed by atoms with Gasteiger partial charge in [0.25, 0.3) is 5.91 Å². The van der Waals surface area contributed by atoms with E-state index in [4.69, 9.17) is 27.9 Å². The van der Waals surface area contributed by atoms with Crippen LogP contribution in [-0.4, -0.2) is 23.7 Å². The van der Waals surface area contributed by atoms with Crippen LogP contribution in [0.3, 0.4) is 0 Å². The van der Waals surface area contributed by atoms with Gasteiger partial charge in [-0.2, -0.15) is 10.1 Å². The Kier molecular flexibility index (Phi) is 5.16. The van der Waals surface area contributed by atoms with Crippen LogP contribution in [0.15, 0.2) is 47.1 Å². The molecule has 2 aromatic carbocycles. The molecule has 0 unspecified atom stereocenters. The minimum atomic E-state index is -0.541. The van der Waals surface area contributed by atoms with Crippen molar-refractivity contribution in [3.05, 3.63) is 67.7 Å². The zero-order chi connectivity index (χ0) is 19.7. The lowest BCUT2D eigenvalue weighted by Crippen LogP contribution is -2.21. The first kappa shape index (κ1) is 18.9. The van der Waals surface area contributed by atoms with E-state index >= 15 is 0 Å². The third kappa shape index (κ3) is 3.65. The highest BCUT2D eigenvalue weighted by atomic mass is 35.5. The molecular weight excluding hydrogens is 393 g/mol. The van der Waals surface area contributed by atoms with Gasteiger partial charge in [0.2, 0.25) is 0 Å². The Morgan fingerprint density at radius 2 is 1.93 bits per heavy atom. The molecule has 1 aliphatic heterocycles. The third-order valence-electron chi connectivity index (χ3n) is 3.92. The number of methoxy groups -OCH3 is 1. The predicted octanol–water partition coefficient (Wildman–Crippen LogP) is 4.72. The quantitative estimate of drug-likeness (QED) is 0.418. The number of nitro groups is 1. The van der Waals surface area contributed by atoms with Gasteiger partial charge < -0.3 is 4.74 Å². The van der Waals surface area contributed by atoms with E-state index in [0.29, 0.717) is 32.6 Å². The summed E-state index contributed by atoms with van der Waals surface area (Å²) in [5, 5.41) is 17.3. The van der Waals surface area contributed by atoms with Crippen LogP contribution in [0, 0.1) is 10.1 Å². The number of carbonyl (C=O) groups excluding carboxylic acids is 1. The van der Waals surface area contributed by atoms with E-state index in [2.05, 4.69) is 5.10 Å². The monoisotopic (exact) mass is 405 g/mol. The Labute approximate surface area is 164 Å². The molecule has 2 aromatic rings. The minimum absolute atomic E-state index is 0.141. The second kappa shape index (κ2) is 7.38. The van der Waals surface area contributed by atoms with E-state index in [0.717, 1.165) is 0 Å². The number of nitro benzene ring substituents is 1. The molecule has 3 rings (SSSR count). The molecule has 0 aliphatic carbocycles. The van der Waals surface area contributed by atoms with Crippen molar-refractivity contribution in [2.45, 2.75) is 6.92 Å². The van der Waals surface area contributed by atoms with Crippen molar-refractivity contribution in [2.24, 2.45) is 5.10 Å².